The van der Waals surface area contributed by atoms with Gasteiger partial charge < -0.3 is 24.6 Å². The summed E-state index contributed by atoms with van der Waals surface area (Å²) in [6.07, 6.45) is 2.62. The summed E-state index contributed by atoms with van der Waals surface area (Å²) < 4.78 is 10.1. The second-order valence-electron chi connectivity index (χ2n) is 9.20. The molecule has 1 aliphatic carbocycles. The molecule has 0 aliphatic heterocycles. The molecule has 0 bridgehead atoms. The van der Waals surface area contributed by atoms with Crippen molar-refractivity contribution in [1.29, 1.82) is 0 Å². The van der Waals surface area contributed by atoms with Crippen LogP contribution in [-0.4, -0.2) is 49.2 Å². The SMILES string of the molecule is COc1ccc(C(C(=O)Nc2ccc([Si](C)(C)C3CC3)cc2)N(C)C(=O)c2cc(O)no2)cc1. The van der Waals surface area contributed by atoms with Crippen LogP contribution in [-0.2, 0) is 4.79 Å². The molecule has 0 saturated heterocycles. The Balaban J connectivity index is 1.58. The monoisotopic (exact) mass is 479 g/mol. The van der Waals surface area contributed by atoms with Crippen LogP contribution in [0.1, 0.15) is 35.0 Å². The minimum absolute atomic E-state index is 0.164. The number of likely N-dealkylation sites (N-methyl/N-ethyl adjacent to an activating group) is 1. The van der Waals surface area contributed by atoms with Gasteiger partial charge in [0, 0.05) is 12.7 Å². The Morgan fingerprint density at radius 2 is 1.79 bits per heavy atom. The van der Waals surface area contributed by atoms with Crippen molar-refractivity contribution in [2.45, 2.75) is 37.5 Å². The summed E-state index contributed by atoms with van der Waals surface area (Å²) in [4.78, 5) is 27.6. The highest BCUT2D eigenvalue weighted by Gasteiger charge is 2.40. The number of amides is 2. The van der Waals surface area contributed by atoms with Crippen molar-refractivity contribution in [3.8, 4) is 11.6 Å². The van der Waals surface area contributed by atoms with E-state index in [9.17, 15) is 14.7 Å². The number of rotatable bonds is 8. The molecule has 2 amide bonds. The summed E-state index contributed by atoms with van der Waals surface area (Å²) in [6.45, 7) is 4.78. The van der Waals surface area contributed by atoms with Crippen LogP contribution in [0, 0.1) is 0 Å². The van der Waals surface area contributed by atoms with Crippen molar-refractivity contribution >= 4 is 30.8 Å². The van der Waals surface area contributed by atoms with Crippen LogP contribution >= 0.6 is 0 Å². The third-order valence-corrected chi connectivity index (χ3v) is 11.0. The summed E-state index contributed by atoms with van der Waals surface area (Å²) in [6, 6.07) is 15.1. The molecule has 1 atom stereocenters. The maximum atomic E-state index is 13.4. The number of ether oxygens (including phenoxy) is 1. The van der Waals surface area contributed by atoms with Gasteiger partial charge >= 0.3 is 0 Å². The fourth-order valence-electron chi connectivity index (χ4n) is 4.23. The normalized spacial score (nSPS) is 14.4. The van der Waals surface area contributed by atoms with Gasteiger partial charge in [-0.05, 0) is 40.5 Å². The molecule has 1 heterocycles. The number of anilines is 1. The molecule has 2 aromatic carbocycles. The van der Waals surface area contributed by atoms with Crippen molar-refractivity contribution in [2.24, 2.45) is 0 Å². The van der Waals surface area contributed by atoms with Crippen LogP contribution < -0.4 is 15.2 Å². The number of nitrogens with zero attached hydrogens (tertiary/aromatic N) is 2. The Hall–Kier alpha value is -3.59. The number of carbonyl (C=O) groups excluding carboxylic acids is 2. The van der Waals surface area contributed by atoms with E-state index in [4.69, 9.17) is 9.26 Å². The molecule has 1 aliphatic rings. The smallest absolute Gasteiger partial charge is 0.293 e. The van der Waals surface area contributed by atoms with Crippen LogP contribution in [0.2, 0.25) is 18.6 Å². The van der Waals surface area contributed by atoms with E-state index in [0.29, 0.717) is 17.0 Å². The van der Waals surface area contributed by atoms with Crippen LogP contribution in [0.25, 0.3) is 0 Å². The van der Waals surface area contributed by atoms with E-state index in [1.165, 1.54) is 30.0 Å². The molecule has 8 nitrogen and oxygen atoms in total. The molecule has 4 rings (SSSR count). The largest absolute Gasteiger partial charge is 0.497 e. The van der Waals surface area contributed by atoms with Gasteiger partial charge in [-0.2, -0.15) is 0 Å². The first kappa shape index (κ1) is 23.6. The third kappa shape index (κ3) is 4.84. The van der Waals surface area contributed by atoms with Crippen molar-refractivity contribution in [3.63, 3.8) is 0 Å². The lowest BCUT2D eigenvalue weighted by atomic mass is 10.0. The number of hydrogen-bond donors (Lipinski definition) is 2. The molecule has 3 aromatic rings. The van der Waals surface area contributed by atoms with Gasteiger partial charge in [0.2, 0.25) is 5.76 Å². The summed E-state index contributed by atoms with van der Waals surface area (Å²) in [5.41, 5.74) is 2.09. The lowest BCUT2D eigenvalue weighted by molar-refractivity contribution is -0.120. The highest BCUT2D eigenvalue weighted by atomic mass is 28.3. The van der Waals surface area contributed by atoms with E-state index in [1.54, 1.807) is 31.4 Å². The van der Waals surface area contributed by atoms with Crippen LogP contribution in [0.3, 0.4) is 0 Å². The number of carbonyl (C=O) groups is 2. The van der Waals surface area contributed by atoms with Crippen molar-refractivity contribution in [3.05, 3.63) is 65.9 Å². The van der Waals surface area contributed by atoms with E-state index in [1.807, 2.05) is 12.1 Å². The van der Waals surface area contributed by atoms with Gasteiger partial charge in [0.15, 0.2) is 0 Å². The first-order chi connectivity index (χ1) is 16.2. The Labute approximate surface area is 199 Å². The summed E-state index contributed by atoms with van der Waals surface area (Å²) in [5, 5.41) is 17.1. The van der Waals surface area contributed by atoms with Gasteiger partial charge in [0.05, 0.1) is 21.3 Å². The number of methoxy groups -OCH3 is 1. The Morgan fingerprint density at radius 3 is 2.32 bits per heavy atom. The molecule has 9 heteroatoms. The molecule has 1 saturated carbocycles. The molecule has 2 N–H and O–H groups in total. The van der Waals surface area contributed by atoms with E-state index >= 15 is 0 Å². The minimum atomic E-state index is -1.47. The summed E-state index contributed by atoms with van der Waals surface area (Å²) >= 11 is 0. The van der Waals surface area contributed by atoms with E-state index in [2.05, 4.69) is 35.7 Å². The maximum Gasteiger partial charge on any atom is 0.293 e. The van der Waals surface area contributed by atoms with Gasteiger partial charge in [0.25, 0.3) is 17.7 Å². The number of benzene rings is 2. The Bertz CT molecular complexity index is 1170. The molecule has 0 radical (unpaired) electrons. The highest BCUT2D eigenvalue weighted by Crippen LogP contribution is 2.44. The number of nitrogens with one attached hydrogen (secondary N) is 1. The van der Waals surface area contributed by atoms with Crippen LogP contribution in [0.5, 0.6) is 11.6 Å². The molecule has 34 heavy (non-hydrogen) atoms. The van der Waals surface area contributed by atoms with Crippen molar-refractivity contribution in [1.82, 2.24) is 10.1 Å². The van der Waals surface area contributed by atoms with E-state index in [0.717, 1.165) is 11.6 Å². The molecule has 1 unspecified atom stereocenters. The first-order valence-corrected chi connectivity index (χ1v) is 14.3. The first-order valence-electron chi connectivity index (χ1n) is 11.2. The van der Waals surface area contributed by atoms with Gasteiger partial charge in [-0.15, -0.1) is 0 Å². The van der Waals surface area contributed by atoms with Crippen molar-refractivity contribution < 1.29 is 24.0 Å². The van der Waals surface area contributed by atoms with E-state index < -0.39 is 25.9 Å². The van der Waals surface area contributed by atoms with Crippen LogP contribution in [0.4, 0.5) is 5.69 Å². The van der Waals surface area contributed by atoms with Gasteiger partial charge in [-0.3, -0.25) is 9.59 Å². The van der Waals surface area contributed by atoms with Gasteiger partial charge in [-0.1, -0.05) is 55.4 Å². The number of aromatic nitrogens is 1. The van der Waals surface area contributed by atoms with E-state index in [-0.39, 0.29) is 11.7 Å². The zero-order chi connectivity index (χ0) is 24.5. The molecule has 1 aromatic heterocycles. The fourth-order valence-corrected chi connectivity index (χ4v) is 7.34. The Kier molecular flexibility index (Phi) is 6.47. The second kappa shape index (κ2) is 9.34. The molecular formula is C25H29N3O5Si. The zero-order valence-corrected chi connectivity index (χ0v) is 20.7. The Morgan fingerprint density at radius 1 is 1.15 bits per heavy atom. The molecular weight excluding hydrogens is 450 g/mol. The fraction of sp³-hybridized carbons (Fsp3) is 0.320. The average Bonchev–Trinajstić information content (AvgIpc) is 3.61. The second-order valence-corrected chi connectivity index (χ2v) is 14.0. The van der Waals surface area contributed by atoms with Gasteiger partial charge in [-0.25, -0.2) is 0 Å². The summed E-state index contributed by atoms with van der Waals surface area (Å²) in [7, 11) is 1.59. The highest BCUT2D eigenvalue weighted by molar-refractivity contribution is 6.91. The predicted molar refractivity (Wildman–Crippen MR) is 131 cm³/mol. The zero-order valence-electron chi connectivity index (χ0n) is 19.7. The van der Waals surface area contributed by atoms with Crippen LogP contribution in [0.15, 0.2) is 59.1 Å². The predicted octanol–water partition coefficient (Wildman–Crippen LogP) is 3.92. The topological polar surface area (TPSA) is 105 Å². The molecule has 1 fully saturated rings. The average molecular weight is 480 g/mol. The van der Waals surface area contributed by atoms with Gasteiger partial charge in [0.1, 0.15) is 11.8 Å². The molecule has 0 spiro atoms. The quantitative estimate of drug-likeness (QED) is 0.475. The lowest BCUT2D eigenvalue weighted by Crippen LogP contribution is -2.41. The van der Waals surface area contributed by atoms with Crippen molar-refractivity contribution in [2.75, 3.05) is 19.5 Å². The summed E-state index contributed by atoms with van der Waals surface area (Å²) in [5.74, 6) is -0.898. The number of hydrogen-bond acceptors (Lipinski definition) is 6. The standard InChI is InChI=1S/C25H29N3O5Si/c1-28(25(31)21-15-22(29)27-33-21)23(16-5-9-18(32-2)10-6-16)24(30)26-17-7-11-19(12-8-17)34(3,4)20-13-14-20/h5-12,15,20,23H,13-14H2,1-4H3,(H,26,30)(H,27,29). The minimum Gasteiger partial charge on any atom is -0.497 e. The molecule has 178 valence electrons. The number of aromatic hydroxyl groups is 1. The lowest BCUT2D eigenvalue weighted by Gasteiger charge is -2.27. The third-order valence-electron chi connectivity index (χ3n) is 6.59. The maximum absolute atomic E-state index is 13.4.